The van der Waals surface area contributed by atoms with E-state index in [0.717, 1.165) is 31.2 Å². The van der Waals surface area contributed by atoms with E-state index in [0.29, 0.717) is 5.92 Å². The van der Waals surface area contributed by atoms with E-state index in [9.17, 15) is 15.3 Å². The molecule has 0 amide bonds. The molecule has 3 heteroatoms. The Balaban J connectivity index is 2.15. The van der Waals surface area contributed by atoms with Crippen LogP contribution in [0.5, 0.6) is 11.5 Å². The summed E-state index contributed by atoms with van der Waals surface area (Å²) in [6, 6.07) is 4.74. The van der Waals surface area contributed by atoms with E-state index in [-0.39, 0.29) is 17.6 Å². The van der Waals surface area contributed by atoms with E-state index in [4.69, 9.17) is 0 Å². The van der Waals surface area contributed by atoms with Crippen LogP contribution in [0.25, 0.3) is 0 Å². The van der Waals surface area contributed by atoms with Crippen molar-refractivity contribution in [3.05, 3.63) is 23.8 Å². The second kappa shape index (κ2) is 4.11. The number of aliphatic hydroxyl groups is 1. The number of aromatic hydroxyl groups is 2. The second-order valence-electron chi connectivity index (χ2n) is 4.25. The van der Waals surface area contributed by atoms with Gasteiger partial charge < -0.3 is 15.3 Å². The molecule has 15 heavy (non-hydrogen) atoms. The summed E-state index contributed by atoms with van der Waals surface area (Å²) in [6.45, 7) is 0. The molecule has 0 aromatic heterocycles. The Morgan fingerprint density at radius 3 is 2.27 bits per heavy atom. The first kappa shape index (κ1) is 10.3. The first-order chi connectivity index (χ1) is 7.16. The zero-order valence-corrected chi connectivity index (χ0v) is 8.56. The third kappa shape index (κ3) is 2.23. The third-order valence-electron chi connectivity index (χ3n) is 3.15. The van der Waals surface area contributed by atoms with Gasteiger partial charge in [-0.05, 0) is 43.2 Å². The SMILES string of the molecule is Oc1ccc([C@H]2CC[C@H](O)CC2)c(O)c1. The van der Waals surface area contributed by atoms with Crippen LogP contribution in [0.4, 0.5) is 0 Å². The lowest BCUT2D eigenvalue weighted by atomic mass is 9.82. The average molecular weight is 208 g/mol. The van der Waals surface area contributed by atoms with Crippen LogP contribution in [-0.4, -0.2) is 21.4 Å². The number of rotatable bonds is 1. The quantitative estimate of drug-likeness (QED) is 0.662. The fourth-order valence-electron chi connectivity index (χ4n) is 2.26. The van der Waals surface area contributed by atoms with E-state index < -0.39 is 0 Å². The summed E-state index contributed by atoms with van der Waals surface area (Å²) in [5, 5.41) is 28.2. The van der Waals surface area contributed by atoms with Gasteiger partial charge in [-0.3, -0.25) is 0 Å². The van der Waals surface area contributed by atoms with Crippen molar-refractivity contribution < 1.29 is 15.3 Å². The van der Waals surface area contributed by atoms with Gasteiger partial charge in [-0.2, -0.15) is 0 Å². The molecular formula is C12H16O3. The molecule has 3 N–H and O–H groups in total. The van der Waals surface area contributed by atoms with Gasteiger partial charge in [0, 0.05) is 6.07 Å². The van der Waals surface area contributed by atoms with E-state index in [1.54, 1.807) is 12.1 Å². The number of aliphatic hydroxyl groups excluding tert-OH is 1. The fourth-order valence-corrected chi connectivity index (χ4v) is 2.26. The highest BCUT2D eigenvalue weighted by Gasteiger charge is 2.22. The van der Waals surface area contributed by atoms with Gasteiger partial charge in [-0.15, -0.1) is 0 Å². The van der Waals surface area contributed by atoms with Gasteiger partial charge in [0.25, 0.3) is 0 Å². The Labute approximate surface area is 89.0 Å². The molecule has 0 unspecified atom stereocenters. The molecule has 2 rings (SSSR count). The molecule has 1 aliphatic carbocycles. The molecule has 0 aliphatic heterocycles. The first-order valence-corrected chi connectivity index (χ1v) is 5.37. The van der Waals surface area contributed by atoms with Crippen molar-refractivity contribution in [3.8, 4) is 11.5 Å². The summed E-state index contributed by atoms with van der Waals surface area (Å²) >= 11 is 0. The molecule has 0 atom stereocenters. The number of phenolic OH excluding ortho intramolecular Hbond substituents is 2. The Bertz CT molecular complexity index is 341. The Hall–Kier alpha value is -1.22. The summed E-state index contributed by atoms with van der Waals surface area (Å²) in [4.78, 5) is 0. The number of hydrogen-bond donors (Lipinski definition) is 3. The van der Waals surface area contributed by atoms with Crippen LogP contribution < -0.4 is 0 Å². The van der Waals surface area contributed by atoms with Crippen LogP contribution in [0.3, 0.4) is 0 Å². The number of phenols is 2. The summed E-state index contributed by atoms with van der Waals surface area (Å²) in [5.41, 5.74) is 0.889. The second-order valence-corrected chi connectivity index (χ2v) is 4.25. The van der Waals surface area contributed by atoms with Crippen LogP contribution in [0.15, 0.2) is 18.2 Å². The highest BCUT2D eigenvalue weighted by molar-refractivity contribution is 5.41. The summed E-state index contributed by atoms with van der Waals surface area (Å²) < 4.78 is 0. The molecule has 1 fully saturated rings. The molecule has 3 nitrogen and oxygen atoms in total. The first-order valence-electron chi connectivity index (χ1n) is 5.37. The van der Waals surface area contributed by atoms with Crippen LogP contribution in [0.1, 0.15) is 37.2 Å². The van der Waals surface area contributed by atoms with Crippen molar-refractivity contribution in [1.82, 2.24) is 0 Å². The molecule has 1 aliphatic rings. The van der Waals surface area contributed by atoms with Crippen molar-refractivity contribution in [2.24, 2.45) is 0 Å². The van der Waals surface area contributed by atoms with E-state index in [2.05, 4.69) is 0 Å². The maximum absolute atomic E-state index is 9.69. The van der Waals surface area contributed by atoms with Crippen molar-refractivity contribution in [3.63, 3.8) is 0 Å². The van der Waals surface area contributed by atoms with Crippen molar-refractivity contribution >= 4 is 0 Å². The predicted octanol–water partition coefficient (Wildman–Crippen LogP) is 2.12. The molecule has 0 spiro atoms. The molecule has 0 radical (unpaired) electrons. The number of hydrogen-bond acceptors (Lipinski definition) is 3. The molecule has 1 aromatic carbocycles. The fraction of sp³-hybridized carbons (Fsp3) is 0.500. The topological polar surface area (TPSA) is 60.7 Å². The molecular weight excluding hydrogens is 192 g/mol. The van der Waals surface area contributed by atoms with Gasteiger partial charge in [0.05, 0.1) is 6.10 Å². The molecule has 0 saturated heterocycles. The largest absolute Gasteiger partial charge is 0.508 e. The van der Waals surface area contributed by atoms with Gasteiger partial charge >= 0.3 is 0 Å². The lowest BCUT2D eigenvalue weighted by molar-refractivity contribution is 0.122. The van der Waals surface area contributed by atoms with Gasteiger partial charge in [0.2, 0.25) is 0 Å². The van der Waals surface area contributed by atoms with Crippen LogP contribution >= 0.6 is 0 Å². The Morgan fingerprint density at radius 1 is 1.00 bits per heavy atom. The van der Waals surface area contributed by atoms with Gasteiger partial charge in [0.1, 0.15) is 11.5 Å². The normalized spacial score (nSPS) is 26.5. The zero-order chi connectivity index (χ0) is 10.8. The summed E-state index contributed by atoms with van der Waals surface area (Å²) in [7, 11) is 0. The molecule has 0 heterocycles. The Kier molecular flexibility index (Phi) is 2.82. The zero-order valence-electron chi connectivity index (χ0n) is 8.56. The monoisotopic (exact) mass is 208 g/mol. The maximum atomic E-state index is 9.69. The highest BCUT2D eigenvalue weighted by Crippen LogP contribution is 2.38. The van der Waals surface area contributed by atoms with Crippen LogP contribution in [-0.2, 0) is 0 Å². The summed E-state index contributed by atoms with van der Waals surface area (Å²) in [5.74, 6) is 0.567. The van der Waals surface area contributed by atoms with Gasteiger partial charge in [-0.1, -0.05) is 6.07 Å². The number of benzene rings is 1. The smallest absolute Gasteiger partial charge is 0.122 e. The third-order valence-corrected chi connectivity index (χ3v) is 3.15. The maximum Gasteiger partial charge on any atom is 0.122 e. The molecule has 0 bridgehead atoms. The highest BCUT2D eigenvalue weighted by atomic mass is 16.3. The summed E-state index contributed by atoms with van der Waals surface area (Å²) in [6.07, 6.45) is 3.22. The van der Waals surface area contributed by atoms with E-state index in [1.165, 1.54) is 6.07 Å². The lowest BCUT2D eigenvalue weighted by Crippen LogP contribution is -2.16. The van der Waals surface area contributed by atoms with Crippen LogP contribution in [0.2, 0.25) is 0 Å². The predicted molar refractivity (Wildman–Crippen MR) is 57.0 cm³/mol. The minimum absolute atomic E-state index is 0.0899. The average Bonchev–Trinajstić information content (AvgIpc) is 2.20. The minimum Gasteiger partial charge on any atom is -0.508 e. The van der Waals surface area contributed by atoms with Crippen molar-refractivity contribution in [2.45, 2.75) is 37.7 Å². The van der Waals surface area contributed by atoms with Crippen molar-refractivity contribution in [2.75, 3.05) is 0 Å². The van der Waals surface area contributed by atoms with Gasteiger partial charge in [0.15, 0.2) is 0 Å². The van der Waals surface area contributed by atoms with E-state index in [1.807, 2.05) is 0 Å². The lowest BCUT2D eigenvalue weighted by Gasteiger charge is -2.26. The molecule has 1 aromatic rings. The molecule has 1 saturated carbocycles. The Morgan fingerprint density at radius 2 is 1.67 bits per heavy atom. The molecule has 82 valence electrons. The van der Waals surface area contributed by atoms with Crippen molar-refractivity contribution in [1.29, 1.82) is 0 Å². The standard InChI is InChI=1S/C12H16O3/c13-9-3-1-8(2-4-9)11-6-5-10(14)7-12(11)15/h5-9,13-15H,1-4H2/t8-,9-. The van der Waals surface area contributed by atoms with Gasteiger partial charge in [-0.25, -0.2) is 0 Å². The van der Waals surface area contributed by atoms with E-state index >= 15 is 0 Å². The van der Waals surface area contributed by atoms with Crippen LogP contribution in [0, 0.1) is 0 Å². The minimum atomic E-state index is -0.180.